The molecule has 0 aliphatic heterocycles. The molecule has 0 saturated carbocycles. The van der Waals surface area contributed by atoms with Gasteiger partial charge in [0.2, 0.25) is 5.60 Å². The Hall–Kier alpha value is -2.67. The van der Waals surface area contributed by atoms with E-state index in [4.69, 9.17) is 0 Å². The Morgan fingerprint density at radius 3 is 2.00 bits per heavy atom. The molecule has 1 amide bonds. The van der Waals surface area contributed by atoms with Gasteiger partial charge in [0.05, 0.1) is 0 Å². The van der Waals surface area contributed by atoms with Crippen LogP contribution in [0.2, 0.25) is 0 Å². The van der Waals surface area contributed by atoms with Gasteiger partial charge in [-0.2, -0.15) is 13.2 Å². The van der Waals surface area contributed by atoms with E-state index in [1.54, 1.807) is 30.3 Å². The van der Waals surface area contributed by atoms with Crippen molar-refractivity contribution in [3.63, 3.8) is 0 Å². The van der Waals surface area contributed by atoms with Crippen LogP contribution in [0.3, 0.4) is 0 Å². The predicted octanol–water partition coefficient (Wildman–Crippen LogP) is 2.85. The molecule has 4 nitrogen and oxygen atoms in total. The summed E-state index contributed by atoms with van der Waals surface area (Å²) in [5.74, 6) is -1.72. The Balaban J connectivity index is 2.02. The molecule has 0 heterocycles. The third-order valence-electron chi connectivity index (χ3n) is 3.70. The molecule has 2 aromatic rings. The minimum absolute atomic E-state index is 0.184. The number of benzene rings is 2. The minimum atomic E-state index is -5.07. The van der Waals surface area contributed by atoms with E-state index in [-0.39, 0.29) is 12.3 Å². The second-order valence-electron chi connectivity index (χ2n) is 5.64. The topological polar surface area (TPSA) is 66.4 Å². The summed E-state index contributed by atoms with van der Waals surface area (Å²) in [4.78, 5) is 23.7. The largest absolute Gasteiger partial charge is 0.426 e. The number of nitrogens with one attached hydrogen (secondary N) is 1. The number of hydrogen-bond donors (Lipinski definition) is 2. The molecular weight excluding hydrogens is 335 g/mol. The highest BCUT2D eigenvalue weighted by Gasteiger charge is 2.55. The van der Waals surface area contributed by atoms with Gasteiger partial charge in [-0.1, -0.05) is 54.6 Å². The zero-order valence-electron chi connectivity index (χ0n) is 13.3. The van der Waals surface area contributed by atoms with Gasteiger partial charge in [-0.3, -0.25) is 9.59 Å². The van der Waals surface area contributed by atoms with Crippen molar-refractivity contribution in [3.05, 3.63) is 71.3 Å². The second kappa shape index (κ2) is 7.06. The standard InChI is InChI=1S/C18H16F3NO3/c1-17(25,18(19,20)21)16(24)22-11-12-7-9-14(10-8-12)15(23)13-5-3-2-4-6-13/h2-10,25H,11H2,1H3,(H,22,24). The molecule has 1 unspecified atom stereocenters. The van der Waals surface area contributed by atoms with E-state index in [0.717, 1.165) is 0 Å². The maximum absolute atomic E-state index is 12.6. The number of halogens is 3. The highest BCUT2D eigenvalue weighted by atomic mass is 19.4. The lowest BCUT2D eigenvalue weighted by molar-refractivity contribution is -0.245. The first-order chi connectivity index (χ1) is 11.6. The average molecular weight is 351 g/mol. The summed E-state index contributed by atoms with van der Waals surface area (Å²) in [7, 11) is 0. The van der Waals surface area contributed by atoms with E-state index in [1.807, 2.05) is 5.32 Å². The summed E-state index contributed by atoms with van der Waals surface area (Å²) in [6, 6.07) is 14.7. The quantitative estimate of drug-likeness (QED) is 0.814. The molecule has 0 spiro atoms. The number of aliphatic hydroxyl groups is 1. The van der Waals surface area contributed by atoms with Crippen molar-refractivity contribution >= 4 is 11.7 Å². The molecule has 0 aromatic heterocycles. The molecule has 1 atom stereocenters. The Labute approximate surface area is 142 Å². The van der Waals surface area contributed by atoms with Crippen LogP contribution in [0.4, 0.5) is 13.2 Å². The zero-order valence-corrected chi connectivity index (χ0v) is 13.3. The summed E-state index contributed by atoms with van der Waals surface area (Å²) in [5, 5.41) is 11.3. The van der Waals surface area contributed by atoms with Gasteiger partial charge in [-0.05, 0) is 12.5 Å². The number of hydrogen-bond acceptors (Lipinski definition) is 3. The molecule has 0 aliphatic carbocycles. The Kier molecular flexibility index (Phi) is 5.27. The van der Waals surface area contributed by atoms with Crippen molar-refractivity contribution in [2.75, 3.05) is 0 Å². The molecule has 7 heteroatoms. The smallest absolute Gasteiger partial charge is 0.373 e. The molecule has 0 fully saturated rings. The van der Waals surface area contributed by atoms with Crippen LogP contribution in [0, 0.1) is 0 Å². The molecule has 2 rings (SSSR count). The van der Waals surface area contributed by atoms with E-state index < -0.39 is 17.7 Å². The summed E-state index contributed by atoms with van der Waals surface area (Å²) >= 11 is 0. The van der Waals surface area contributed by atoms with E-state index in [1.165, 1.54) is 24.3 Å². The number of alkyl halides is 3. The fourth-order valence-corrected chi connectivity index (χ4v) is 2.01. The molecular formula is C18H16F3NO3. The fourth-order valence-electron chi connectivity index (χ4n) is 2.01. The van der Waals surface area contributed by atoms with E-state index in [2.05, 4.69) is 0 Å². The molecule has 0 bridgehead atoms. The Morgan fingerprint density at radius 1 is 0.960 bits per heavy atom. The molecule has 0 saturated heterocycles. The van der Waals surface area contributed by atoms with Gasteiger partial charge in [0, 0.05) is 17.7 Å². The highest BCUT2D eigenvalue weighted by Crippen LogP contribution is 2.30. The fraction of sp³-hybridized carbons (Fsp3) is 0.222. The summed E-state index contributed by atoms with van der Waals surface area (Å²) < 4.78 is 37.7. The lowest BCUT2D eigenvalue weighted by Gasteiger charge is -2.24. The van der Waals surface area contributed by atoms with Crippen LogP contribution in [0.25, 0.3) is 0 Å². The normalized spacial score (nSPS) is 13.8. The van der Waals surface area contributed by atoms with Crippen molar-refractivity contribution in [2.45, 2.75) is 25.2 Å². The van der Waals surface area contributed by atoms with Crippen LogP contribution in [0.1, 0.15) is 28.4 Å². The lowest BCUT2D eigenvalue weighted by Crippen LogP contribution is -2.54. The number of carbonyl (C=O) groups is 2. The van der Waals surface area contributed by atoms with E-state index >= 15 is 0 Å². The van der Waals surface area contributed by atoms with E-state index in [9.17, 15) is 27.9 Å². The van der Waals surface area contributed by atoms with Gasteiger partial charge in [0.15, 0.2) is 5.78 Å². The van der Waals surface area contributed by atoms with Crippen molar-refractivity contribution < 1.29 is 27.9 Å². The SMILES string of the molecule is CC(O)(C(=O)NCc1ccc(C(=O)c2ccccc2)cc1)C(F)(F)F. The second-order valence-corrected chi connectivity index (χ2v) is 5.64. The molecule has 25 heavy (non-hydrogen) atoms. The van der Waals surface area contributed by atoms with Crippen molar-refractivity contribution in [2.24, 2.45) is 0 Å². The Morgan fingerprint density at radius 2 is 1.48 bits per heavy atom. The molecule has 0 radical (unpaired) electrons. The predicted molar refractivity (Wildman–Crippen MR) is 84.8 cm³/mol. The molecule has 2 aromatic carbocycles. The van der Waals surface area contributed by atoms with Crippen LogP contribution in [0.15, 0.2) is 54.6 Å². The van der Waals surface area contributed by atoms with Gasteiger partial charge < -0.3 is 10.4 Å². The minimum Gasteiger partial charge on any atom is -0.373 e. The molecule has 0 aliphatic rings. The summed E-state index contributed by atoms with van der Waals surface area (Å²) in [5.41, 5.74) is -2.03. The van der Waals surface area contributed by atoms with Gasteiger partial charge in [-0.15, -0.1) is 0 Å². The highest BCUT2D eigenvalue weighted by molar-refractivity contribution is 6.08. The summed E-state index contributed by atoms with van der Waals surface area (Å²) in [6.45, 7) is 0.189. The van der Waals surface area contributed by atoms with Gasteiger partial charge in [0.1, 0.15) is 0 Å². The first-order valence-corrected chi connectivity index (χ1v) is 7.39. The van der Waals surface area contributed by atoms with Gasteiger partial charge in [-0.25, -0.2) is 0 Å². The number of rotatable bonds is 5. The third-order valence-corrected chi connectivity index (χ3v) is 3.70. The maximum Gasteiger partial charge on any atom is 0.426 e. The van der Waals surface area contributed by atoms with E-state index in [0.29, 0.717) is 23.6 Å². The van der Waals surface area contributed by atoms with Crippen molar-refractivity contribution in [3.8, 4) is 0 Å². The average Bonchev–Trinajstić information content (AvgIpc) is 2.59. The molecule has 132 valence electrons. The van der Waals surface area contributed by atoms with Crippen LogP contribution in [-0.2, 0) is 11.3 Å². The first kappa shape index (κ1) is 18.7. The lowest BCUT2D eigenvalue weighted by atomic mass is 10.0. The first-order valence-electron chi connectivity index (χ1n) is 7.39. The Bertz CT molecular complexity index is 753. The zero-order chi connectivity index (χ0) is 18.7. The molecule has 2 N–H and O–H groups in total. The van der Waals surface area contributed by atoms with Crippen LogP contribution < -0.4 is 5.32 Å². The maximum atomic E-state index is 12.6. The number of carbonyl (C=O) groups excluding carboxylic acids is 2. The van der Waals surface area contributed by atoms with Gasteiger partial charge in [0.25, 0.3) is 5.91 Å². The van der Waals surface area contributed by atoms with Crippen molar-refractivity contribution in [1.29, 1.82) is 0 Å². The summed E-state index contributed by atoms with van der Waals surface area (Å²) in [6.07, 6.45) is -5.07. The van der Waals surface area contributed by atoms with Crippen LogP contribution in [-0.4, -0.2) is 28.6 Å². The third kappa shape index (κ3) is 4.24. The van der Waals surface area contributed by atoms with Gasteiger partial charge >= 0.3 is 6.18 Å². The van der Waals surface area contributed by atoms with Crippen LogP contribution >= 0.6 is 0 Å². The van der Waals surface area contributed by atoms with Crippen molar-refractivity contribution in [1.82, 2.24) is 5.32 Å². The number of amides is 1. The number of ketones is 1. The van der Waals surface area contributed by atoms with Crippen LogP contribution in [0.5, 0.6) is 0 Å². The monoisotopic (exact) mass is 351 g/mol.